The molecule has 1 saturated heterocycles. The van der Waals surface area contributed by atoms with E-state index in [0.717, 1.165) is 31.0 Å². The second kappa shape index (κ2) is 5.10. The summed E-state index contributed by atoms with van der Waals surface area (Å²) in [7, 11) is 0. The van der Waals surface area contributed by atoms with Crippen LogP contribution in [0.25, 0.3) is 0 Å². The molecule has 0 bridgehead atoms. The molecule has 1 saturated carbocycles. The molecule has 0 spiro atoms. The van der Waals surface area contributed by atoms with Gasteiger partial charge in [-0.05, 0) is 32.1 Å². The topological polar surface area (TPSA) is 61.3 Å². The van der Waals surface area contributed by atoms with Crippen molar-refractivity contribution in [1.29, 1.82) is 0 Å². The van der Waals surface area contributed by atoms with Gasteiger partial charge in [-0.1, -0.05) is 0 Å². The molecule has 1 aliphatic carbocycles. The van der Waals surface area contributed by atoms with Gasteiger partial charge in [0, 0.05) is 18.7 Å². The second-order valence-corrected chi connectivity index (χ2v) is 5.21. The van der Waals surface area contributed by atoms with Crippen LogP contribution in [-0.2, 0) is 0 Å². The molecule has 3 rings (SSSR count). The maximum Gasteiger partial charge on any atom is 0.134 e. The highest BCUT2D eigenvalue weighted by Gasteiger charge is 2.25. The van der Waals surface area contributed by atoms with Crippen molar-refractivity contribution < 1.29 is 5.11 Å². The number of aliphatic hydroxyl groups excluding tert-OH is 1. The predicted molar refractivity (Wildman–Crippen MR) is 70.7 cm³/mol. The monoisotopic (exact) mass is 248 g/mol. The van der Waals surface area contributed by atoms with E-state index in [1.54, 1.807) is 6.33 Å². The highest BCUT2D eigenvalue weighted by molar-refractivity contribution is 5.50. The molecule has 5 nitrogen and oxygen atoms in total. The van der Waals surface area contributed by atoms with Gasteiger partial charge in [-0.2, -0.15) is 0 Å². The highest BCUT2D eigenvalue weighted by atomic mass is 16.3. The van der Waals surface area contributed by atoms with Crippen LogP contribution >= 0.6 is 0 Å². The lowest BCUT2D eigenvalue weighted by molar-refractivity contribution is 0.266. The van der Waals surface area contributed by atoms with Gasteiger partial charge in [0.1, 0.15) is 18.0 Å². The molecular weight excluding hydrogens is 228 g/mol. The number of aliphatic hydroxyl groups is 1. The lowest BCUT2D eigenvalue weighted by Crippen LogP contribution is -2.33. The van der Waals surface area contributed by atoms with E-state index in [9.17, 15) is 5.11 Å². The summed E-state index contributed by atoms with van der Waals surface area (Å²) < 4.78 is 0. The minimum atomic E-state index is 0.204. The van der Waals surface area contributed by atoms with Crippen LogP contribution in [0.4, 0.5) is 11.6 Å². The van der Waals surface area contributed by atoms with E-state index in [0.29, 0.717) is 6.04 Å². The molecule has 18 heavy (non-hydrogen) atoms. The highest BCUT2D eigenvalue weighted by Crippen LogP contribution is 2.26. The molecule has 1 aromatic rings. The van der Waals surface area contributed by atoms with Crippen LogP contribution in [0.5, 0.6) is 0 Å². The summed E-state index contributed by atoms with van der Waals surface area (Å²) in [6.45, 7) is 1.18. The molecular formula is C13H20N4O. The lowest BCUT2D eigenvalue weighted by atomic mass is 9.93. The summed E-state index contributed by atoms with van der Waals surface area (Å²) in [5, 5.41) is 12.8. The number of hydrogen-bond acceptors (Lipinski definition) is 5. The SMILES string of the molecule is OCC1CCCN1c1cc(NC2CCC2)ncn1. The van der Waals surface area contributed by atoms with Gasteiger partial charge in [0.25, 0.3) is 0 Å². The number of anilines is 2. The first-order valence-electron chi connectivity index (χ1n) is 6.83. The Bertz CT molecular complexity index is 408. The maximum absolute atomic E-state index is 9.36. The smallest absolute Gasteiger partial charge is 0.134 e. The molecule has 98 valence electrons. The Hall–Kier alpha value is -1.36. The number of nitrogens with one attached hydrogen (secondary N) is 1. The van der Waals surface area contributed by atoms with Crippen molar-refractivity contribution in [3.63, 3.8) is 0 Å². The Labute approximate surface area is 107 Å². The lowest BCUT2D eigenvalue weighted by Gasteiger charge is -2.28. The van der Waals surface area contributed by atoms with Crippen molar-refractivity contribution in [2.45, 2.75) is 44.2 Å². The Morgan fingerprint density at radius 2 is 2.17 bits per heavy atom. The number of aromatic nitrogens is 2. The van der Waals surface area contributed by atoms with Crippen LogP contribution < -0.4 is 10.2 Å². The van der Waals surface area contributed by atoms with Gasteiger partial charge in [0.2, 0.25) is 0 Å². The molecule has 1 aliphatic heterocycles. The van der Waals surface area contributed by atoms with Crippen molar-refractivity contribution in [2.24, 2.45) is 0 Å². The molecule has 1 unspecified atom stereocenters. The fourth-order valence-electron chi connectivity index (χ4n) is 2.67. The Morgan fingerprint density at radius 3 is 2.89 bits per heavy atom. The van der Waals surface area contributed by atoms with E-state index in [2.05, 4.69) is 20.2 Å². The minimum Gasteiger partial charge on any atom is -0.394 e. The Kier molecular flexibility index (Phi) is 3.32. The zero-order valence-corrected chi connectivity index (χ0v) is 10.5. The van der Waals surface area contributed by atoms with E-state index in [4.69, 9.17) is 0 Å². The molecule has 2 fully saturated rings. The quantitative estimate of drug-likeness (QED) is 0.843. The molecule has 0 aromatic carbocycles. The minimum absolute atomic E-state index is 0.204. The van der Waals surface area contributed by atoms with Crippen molar-refractivity contribution in [3.8, 4) is 0 Å². The van der Waals surface area contributed by atoms with Crippen molar-refractivity contribution in [3.05, 3.63) is 12.4 Å². The predicted octanol–water partition coefficient (Wildman–Crippen LogP) is 1.40. The summed E-state index contributed by atoms with van der Waals surface area (Å²) in [5.74, 6) is 1.84. The Balaban J connectivity index is 1.73. The zero-order chi connectivity index (χ0) is 12.4. The summed E-state index contributed by atoms with van der Waals surface area (Å²) in [6.07, 6.45) is 7.58. The van der Waals surface area contributed by atoms with Crippen LogP contribution in [-0.4, -0.2) is 40.3 Å². The molecule has 5 heteroatoms. The fourth-order valence-corrected chi connectivity index (χ4v) is 2.67. The number of hydrogen-bond donors (Lipinski definition) is 2. The summed E-state index contributed by atoms with van der Waals surface area (Å²) >= 11 is 0. The van der Waals surface area contributed by atoms with Gasteiger partial charge in [-0.3, -0.25) is 0 Å². The van der Waals surface area contributed by atoms with Gasteiger partial charge in [0.15, 0.2) is 0 Å². The van der Waals surface area contributed by atoms with Gasteiger partial charge >= 0.3 is 0 Å². The first-order chi connectivity index (χ1) is 8.86. The third-order valence-corrected chi connectivity index (χ3v) is 3.99. The van der Waals surface area contributed by atoms with Crippen molar-refractivity contribution in [2.75, 3.05) is 23.4 Å². The van der Waals surface area contributed by atoms with E-state index < -0.39 is 0 Å². The zero-order valence-electron chi connectivity index (χ0n) is 10.5. The first-order valence-corrected chi connectivity index (χ1v) is 6.83. The molecule has 0 radical (unpaired) electrons. The summed E-state index contributed by atoms with van der Waals surface area (Å²) in [6, 6.07) is 2.81. The van der Waals surface area contributed by atoms with Crippen LogP contribution in [0.15, 0.2) is 12.4 Å². The third-order valence-electron chi connectivity index (χ3n) is 3.99. The molecule has 1 atom stereocenters. The van der Waals surface area contributed by atoms with E-state index in [1.807, 2.05) is 6.07 Å². The summed E-state index contributed by atoms with van der Waals surface area (Å²) in [4.78, 5) is 10.8. The maximum atomic E-state index is 9.36. The van der Waals surface area contributed by atoms with Gasteiger partial charge in [0.05, 0.1) is 12.6 Å². The van der Waals surface area contributed by atoms with E-state index in [1.165, 1.54) is 19.3 Å². The van der Waals surface area contributed by atoms with Crippen molar-refractivity contribution in [1.82, 2.24) is 9.97 Å². The van der Waals surface area contributed by atoms with Crippen LogP contribution in [0.3, 0.4) is 0 Å². The second-order valence-electron chi connectivity index (χ2n) is 5.21. The van der Waals surface area contributed by atoms with Gasteiger partial charge in [-0.15, -0.1) is 0 Å². The molecule has 2 N–H and O–H groups in total. The average Bonchev–Trinajstić information content (AvgIpc) is 2.82. The molecule has 2 aliphatic rings. The molecule has 0 amide bonds. The van der Waals surface area contributed by atoms with E-state index >= 15 is 0 Å². The average molecular weight is 248 g/mol. The Morgan fingerprint density at radius 1 is 1.28 bits per heavy atom. The number of nitrogens with zero attached hydrogens (tertiary/aromatic N) is 3. The van der Waals surface area contributed by atoms with E-state index in [-0.39, 0.29) is 12.6 Å². The van der Waals surface area contributed by atoms with Gasteiger partial charge < -0.3 is 15.3 Å². The largest absolute Gasteiger partial charge is 0.394 e. The van der Waals surface area contributed by atoms with Crippen LogP contribution in [0.2, 0.25) is 0 Å². The number of rotatable bonds is 4. The van der Waals surface area contributed by atoms with Gasteiger partial charge in [-0.25, -0.2) is 9.97 Å². The van der Waals surface area contributed by atoms with Crippen LogP contribution in [0.1, 0.15) is 32.1 Å². The standard InChI is InChI=1S/C13H20N4O/c18-8-11-5-2-6-17(11)13-7-12(14-9-15-13)16-10-3-1-4-10/h7,9-11,18H,1-6,8H2,(H,14,15,16). The van der Waals surface area contributed by atoms with Crippen LogP contribution in [0, 0.1) is 0 Å². The molecule has 2 heterocycles. The third kappa shape index (κ3) is 2.27. The van der Waals surface area contributed by atoms with Crippen molar-refractivity contribution >= 4 is 11.6 Å². The fraction of sp³-hybridized carbons (Fsp3) is 0.692. The normalized spacial score (nSPS) is 24.1. The molecule has 1 aromatic heterocycles. The summed E-state index contributed by atoms with van der Waals surface area (Å²) in [5.41, 5.74) is 0. The first kappa shape index (κ1) is 11.7.